The number of guanidine groups is 1. The van der Waals surface area contributed by atoms with E-state index < -0.39 is 0 Å². The SMILES string of the molecule is CN=C(NCCCc1ccc(N(C)C)cc1)NC(C)Cc1c(C)nn(C)c1C. The summed E-state index contributed by atoms with van der Waals surface area (Å²) in [5, 5.41) is 11.4. The monoisotopic (exact) mass is 384 g/mol. The van der Waals surface area contributed by atoms with E-state index in [0.717, 1.165) is 37.5 Å². The summed E-state index contributed by atoms with van der Waals surface area (Å²) in [6, 6.07) is 9.05. The van der Waals surface area contributed by atoms with Crippen molar-refractivity contribution in [3.8, 4) is 0 Å². The molecule has 0 fully saturated rings. The molecule has 2 aromatic rings. The second-order valence-corrected chi connectivity index (χ2v) is 7.69. The minimum atomic E-state index is 0.284. The summed E-state index contributed by atoms with van der Waals surface area (Å²) >= 11 is 0. The van der Waals surface area contributed by atoms with Gasteiger partial charge in [0.25, 0.3) is 0 Å². The molecule has 6 nitrogen and oxygen atoms in total. The molecule has 0 aliphatic rings. The van der Waals surface area contributed by atoms with Gasteiger partial charge in [-0.25, -0.2) is 0 Å². The molecule has 0 spiro atoms. The highest BCUT2D eigenvalue weighted by Crippen LogP contribution is 2.14. The lowest BCUT2D eigenvalue weighted by Crippen LogP contribution is -2.43. The molecule has 1 aromatic heterocycles. The smallest absolute Gasteiger partial charge is 0.191 e. The highest BCUT2D eigenvalue weighted by atomic mass is 15.3. The Morgan fingerprint density at radius 1 is 1.21 bits per heavy atom. The molecule has 154 valence electrons. The van der Waals surface area contributed by atoms with E-state index in [0.29, 0.717) is 0 Å². The maximum absolute atomic E-state index is 4.51. The van der Waals surface area contributed by atoms with Crippen LogP contribution in [0.3, 0.4) is 0 Å². The van der Waals surface area contributed by atoms with Gasteiger partial charge in [-0.2, -0.15) is 5.10 Å². The lowest BCUT2D eigenvalue weighted by atomic mass is 10.1. The zero-order chi connectivity index (χ0) is 20.7. The number of aliphatic imine (C=N–C) groups is 1. The number of benzene rings is 1. The van der Waals surface area contributed by atoms with Crippen LogP contribution in [0.1, 0.15) is 35.9 Å². The average Bonchev–Trinajstić information content (AvgIpc) is 2.90. The highest BCUT2D eigenvalue weighted by Gasteiger charge is 2.13. The van der Waals surface area contributed by atoms with Crippen LogP contribution < -0.4 is 15.5 Å². The highest BCUT2D eigenvalue weighted by molar-refractivity contribution is 5.79. The number of anilines is 1. The number of aryl methyl sites for hydroxylation is 3. The van der Waals surface area contributed by atoms with Gasteiger partial charge in [0.1, 0.15) is 0 Å². The minimum absolute atomic E-state index is 0.284. The number of hydrogen-bond donors (Lipinski definition) is 2. The first kappa shape index (κ1) is 21.8. The van der Waals surface area contributed by atoms with Crippen molar-refractivity contribution in [3.63, 3.8) is 0 Å². The summed E-state index contributed by atoms with van der Waals surface area (Å²) in [6.45, 7) is 7.28. The van der Waals surface area contributed by atoms with E-state index in [2.05, 4.69) is 84.8 Å². The summed E-state index contributed by atoms with van der Waals surface area (Å²) < 4.78 is 1.95. The second kappa shape index (κ2) is 10.2. The van der Waals surface area contributed by atoms with Crippen molar-refractivity contribution in [1.82, 2.24) is 20.4 Å². The van der Waals surface area contributed by atoms with Crippen molar-refractivity contribution in [2.45, 2.75) is 46.1 Å². The van der Waals surface area contributed by atoms with Gasteiger partial charge in [-0.15, -0.1) is 0 Å². The Balaban J connectivity index is 1.76. The van der Waals surface area contributed by atoms with Gasteiger partial charge >= 0.3 is 0 Å². The lowest BCUT2D eigenvalue weighted by Gasteiger charge is -2.18. The van der Waals surface area contributed by atoms with E-state index in [1.165, 1.54) is 22.5 Å². The Labute approximate surface area is 170 Å². The molecule has 0 amide bonds. The van der Waals surface area contributed by atoms with Crippen molar-refractivity contribution in [2.75, 3.05) is 32.6 Å². The number of rotatable bonds is 8. The molecule has 0 bridgehead atoms. The first-order valence-corrected chi connectivity index (χ1v) is 10.0. The molecular formula is C22H36N6. The van der Waals surface area contributed by atoms with Gasteiger partial charge < -0.3 is 15.5 Å². The van der Waals surface area contributed by atoms with Crippen molar-refractivity contribution in [3.05, 3.63) is 46.8 Å². The molecule has 1 heterocycles. The summed E-state index contributed by atoms with van der Waals surface area (Å²) in [5.41, 5.74) is 6.26. The Morgan fingerprint density at radius 3 is 2.43 bits per heavy atom. The Kier molecular flexibility index (Phi) is 7.91. The molecule has 0 aliphatic carbocycles. The van der Waals surface area contributed by atoms with Crippen LogP contribution in [-0.2, 0) is 19.9 Å². The fourth-order valence-corrected chi connectivity index (χ4v) is 3.36. The van der Waals surface area contributed by atoms with Crippen molar-refractivity contribution in [1.29, 1.82) is 0 Å². The normalized spacial score (nSPS) is 12.8. The van der Waals surface area contributed by atoms with Crippen molar-refractivity contribution >= 4 is 11.6 Å². The first-order valence-electron chi connectivity index (χ1n) is 10.0. The van der Waals surface area contributed by atoms with Crippen LogP contribution in [0.2, 0.25) is 0 Å². The topological polar surface area (TPSA) is 57.5 Å². The van der Waals surface area contributed by atoms with E-state index >= 15 is 0 Å². The maximum atomic E-state index is 4.51. The molecule has 2 N–H and O–H groups in total. The predicted molar refractivity (Wildman–Crippen MR) is 119 cm³/mol. The molecule has 1 aromatic carbocycles. The summed E-state index contributed by atoms with van der Waals surface area (Å²) in [6.07, 6.45) is 3.06. The molecule has 2 rings (SSSR count). The van der Waals surface area contributed by atoms with Crippen LogP contribution in [0, 0.1) is 13.8 Å². The van der Waals surface area contributed by atoms with Gasteiger partial charge in [0.05, 0.1) is 5.69 Å². The molecule has 0 saturated carbocycles. The van der Waals surface area contributed by atoms with Crippen LogP contribution in [0.5, 0.6) is 0 Å². The lowest BCUT2D eigenvalue weighted by molar-refractivity contribution is 0.631. The maximum Gasteiger partial charge on any atom is 0.191 e. The summed E-state index contributed by atoms with van der Waals surface area (Å²) in [5.74, 6) is 0.856. The number of aromatic nitrogens is 2. The molecule has 0 saturated heterocycles. The van der Waals surface area contributed by atoms with Crippen LogP contribution in [-0.4, -0.2) is 49.5 Å². The number of nitrogens with one attached hydrogen (secondary N) is 2. The molecule has 0 aliphatic heterocycles. The van der Waals surface area contributed by atoms with E-state index in [-0.39, 0.29) is 6.04 Å². The first-order chi connectivity index (χ1) is 13.3. The molecule has 0 radical (unpaired) electrons. The third kappa shape index (κ3) is 6.01. The van der Waals surface area contributed by atoms with E-state index in [9.17, 15) is 0 Å². The van der Waals surface area contributed by atoms with Gasteiger partial charge in [0.15, 0.2) is 5.96 Å². The quantitative estimate of drug-likeness (QED) is 0.417. The molecule has 28 heavy (non-hydrogen) atoms. The Hall–Kier alpha value is -2.50. The molecule has 1 unspecified atom stereocenters. The Morgan fingerprint density at radius 2 is 1.89 bits per heavy atom. The molecule has 1 atom stereocenters. The summed E-state index contributed by atoms with van der Waals surface area (Å²) in [4.78, 5) is 6.49. The van der Waals surface area contributed by atoms with E-state index in [4.69, 9.17) is 0 Å². The van der Waals surface area contributed by atoms with Crippen LogP contribution in [0.25, 0.3) is 0 Å². The Bertz CT molecular complexity index is 773. The standard InChI is InChI=1S/C22H36N6/c1-16(15-21-17(2)26-28(7)18(21)3)25-22(23-4)24-14-8-9-19-10-12-20(13-11-19)27(5)6/h10-13,16H,8-9,14-15H2,1-7H3,(H2,23,24,25). The van der Waals surface area contributed by atoms with Gasteiger partial charge in [-0.05, 0) is 63.3 Å². The zero-order valence-electron chi connectivity index (χ0n) is 18.5. The van der Waals surface area contributed by atoms with Crippen molar-refractivity contribution in [2.24, 2.45) is 12.0 Å². The van der Waals surface area contributed by atoms with Crippen LogP contribution in [0.15, 0.2) is 29.3 Å². The third-order valence-electron chi connectivity index (χ3n) is 5.16. The van der Waals surface area contributed by atoms with Gasteiger partial charge in [-0.3, -0.25) is 9.67 Å². The van der Waals surface area contributed by atoms with Crippen molar-refractivity contribution < 1.29 is 0 Å². The van der Waals surface area contributed by atoms with Gasteiger partial charge in [-0.1, -0.05) is 12.1 Å². The number of hydrogen-bond acceptors (Lipinski definition) is 3. The summed E-state index contributed by atoms with van der Waals surface area (Å²) in [7, 11) is 7.95. The molecular weight excluding hydrogens is 348 g/mol. The zero-order valence-corrected chi connectivity index (χ0v) is 18.5. The third-order valence-corrected chi connectivity index (χ3v) is 5.16. The largest absolute Gasteiger partial charge is 0.378 e. The van der Waals surface area contributed by atoms with E-state index in [1.54, 1.807) is 0 Å². The average molecular weight is 385 g/mol. The predicted octanol–water partition coefficient (Wildman–Crippen LogP) is 2.83. The number of nitrogens with zero attached hydrogens (tertiary/aromatic N) is 4. The van der Waals surface area contributed by atoms with Crippen LogP contribution >= 0.6 is 0 Å². The van der Waals surface area contributed by atoms with Gasteiger partial charge in [0.2, 0.25) is 0 Å². The fraction of sp³-hybridized carbons (Fsp3) is 0.545. The van der Waals surface area contributed by atoms with Gasteiger partial charge in [0, 0.05) is 52.2 Å². The minimum Gasteiger partial charge on any atom is -0.378 e. The second-order valence-electron chi connectivity index (χ2n) is 7.69. The van der Waals surface area contributed by atoms with E-state index in [1.807, 2.05) is 18.8 Å². The molecule has 6 heteroatoms. The van der Waals surface area contributed by atoms with Crippen LogP contribution in [0.4, 0.5) is 5.69 Å². The fourth-order valence-electron chi connectivity index (χ4n) is 3.36.